The number of rotatable bonds is 4. The Balaban J connectivity index is 1.63. The van der Waals surface area contributed by atoms with Crippen LogP contribution < -0.4 is 16.1 Å². The van der Waals surface area contributed by atoms with E-state index < -0.39 is 11.2 Å². The van der Waals surface area contributed by atoms with Gasteiger partial charge in [0, 0.05) is 32.7 Å². The second-order valence-corrected chi connectivity index (χ2v) is 8.51. The Morgan fingerprint density at radius 3 is 2.50 bits per heavy atom. The smallest absolute Gasteiger partial charge is 0.332 e. The number of imidazole rings is 1. The van der Waals surface area contributed by atoms with E-state index in [1.807, 2.05) is 0 Å². The number of aromatic nitrogens is 6. The zero-order valence-corrected chi connectivity index (χ0v) is 18.9. The van der Waals surface area contributed by atoms with E-state index >= 15 is 0 Å². The molecule has 0 radical (unpaired) electrons. The fourth-order valence-electron chi connectivity index (χ4n) is 3.94. The second kappa shape index (κ2) is 7.79. The molecule has 5 rings (SSSR count). The van der Waals surface area contributed by atoms with Crippen LogP contribution in [0, 0.1) is 0 Å². The minimum atomic E-state index is -0.431. The Labute approximate surface area is 191 Å². The summed E-state index contributed by atoms with van der Waals surface area (Å²) in [6, 6.07) is 5.04. The van der Waals surface area contributed by atoms with E-state index in [9.17, 15) is 9.59 Å². The third kappa shape index (κ3) is 3.30. The third-order valence-electron chi connectivity index (χ3n) is 5.64. The molecule has 4 heterocycles. The van der Waals surface area contributed by atoms with Gasteiger partial charge in [0.15, 0.2) is 11.2 Å². The lowest BCUT2D eigenvalue weighted by Crippen LogP contribution is -2.37. The van der Waals surface area contributed by atoms with Crippen molar-refractivity contribution in [1.82, 2.24) is 28.9 Å². The predicted molar refractivity (Wildman–Crippen MR) is 121 cm³/mol. The highest BCUT2D eigenvalue weighted by molar-refractivity contribution is 6.42. The Hall–Kier alpha value is -3.11. The Morgan fingerprint density at radius 2 is 1.78 bits per heavy atom. The van der Waals surface area contributed by atoms with Gasteiger partial charge in [0.2, 0.25) is 17.7 Å². The number of hydrogen-bond donors (Lipinski definition) is 0. The van der Waals surface area contributed by atoms with E-state index in [-0.39, 0.29) is 12.4 Å². The number of hydrogen-bond acceptors (Lipinski definition) is 7. The molecule has 0 aliphatic carbocycles. The molecular weight excluding hydrogens is 457 g/mol. The first-order chi connectivity index (χ1) is 15.3. The van der Waals surface area contributed by atoms with E-state index in [4.69, 9.17) is 27.6 Å². The molecule has 0 spiro atoms. The molecule has 12 heteroatoms. The fraction of sp³-hybridized carbons (Fsp3) is 0.350. The first-order valence-corrected chi connectivity index (χ1v) is 10.8. The van der Waals surface area contributed by atoms with Crippen molar-refractivity contribution in [3.05, 3.63) is 55.0 Å². The topological polar surface area (TPSA) is 104 Å². The number of nitrogens with zero attached hydrogens (tertiary/aromatic N) is 7. The maximum absolute atomic E-state index is 13.0. The highest BCUT2D eigenvalue weighted by Gasteiger charge is 2.25. The molecule has 166 valence electrons. The first-order valence-electron chi connectivity index (χ1n) is 10.0. The standard InChI is InChI=1S/C20H19Cl2N7O3/c1-26-16-15(18(30)27(2)20(26)31)29(19(23-16)28-7-3-4-8-28)10-14-24-25-17(32-14)11-5-6-12(21)13(22)9-11/h5-6,9H,3-4,7-8,10H2,1-2H3. The third-order valence-corrected chi connectivity index (χ3v) is 6.38. The van der Waals surface area contributed by atoms with Crippen molar-refractivity contribution < 1.29 is 4.42 Å². The van der Waals surface area contributed by atoms with Crippen molar-refractivity contribution in [2.24, 2.45) is 14.1 Å². The van der Waals surface area contributed by atoms with E-state index in [1.54, 1.807) is 29.8 Å². The highest BCUT2D eigenvalue weighted by Crippen LogP contribution is 2.29. The summed E-state index contributed by atoms with van der Waals surface area (Å²) in [7, 11) is 3.05. The SMILES string of the molecule is Cn1c(=O)c2c(nc(N3CCCC3)n2Cc2nnc(-c3ccc(Cl)c(Cl)c3)o2)n(C)c1=O. The molecule has 1 aliphatic heterocycles. The molecule has 0 bridgehead atoms. The zero-order chi connectivity index (χ0) is 22.6. The molecule has 3 aromatic heterocycles. The maximum Gasteiger partial charge on any atom is 0.332 e. The normalized spacial score (nSPS) is 14.1. The summed E-state index contributed by atoms with van der Waals surface area (Å²) in [6.45, 7) is 1.76. The highest BCUT2D eigenvalue weighted by atomic mass is 35.5. The van der Waals surface area contributed by atoms with Gasteiger partial charge in [-0.15, -0.1) is 10.2 Å². The number of halogens is 2. The van der Waals surface area contributed by atoms with Gasteiger partial charge in [-0.2, -0.15) is 4.98 Å². The number of benzene rings is 1. The molecule has 0 amide bonds. The lowest BCUT2D eigenvalue weighted by Gasteiger charge is -2.17. The van der Waals surface area contributed by atoms with E-state index in [0.717, 1.165) is 30.5 Å². The van der Waals surface area contributed by atoms with Gasteiger partial charge >= 0.3 is 5.69 Å². The average Bonchev–Trinajstić information content (AvgIpc) is 3.53. The maximum atomic E-state index is 13.0. The van der Waals surface area contributed by atoms with Crippen LogP contribution in [0.5, 0.6) is 0 Å². The predicted octanol–water partition coefficient (Wildman–Crippen LogP) is 2.44. The minimum absolute atomic E-state index is 0.129. The van der Waals surface area contributed by atoms with Gasteiger partial charge in [-0.25, -0.2) is 4.79 Å². The Kier molecular flexibility index (Phi) is 5.06. The van der Waals surface area contributed by atoms with Crippen LogP contribution in [0.25, 0.3) is 22.6 Å². The van der Waals surface area contributed by atoms with Gasteiger partial charge in [-0.3, -0.25) is 18.5 Å². The van der Waals surface area contributed by atoms with Gasteiger partial charge in [0.25, 0.3) is 5.56 Å². The molecule has 0 saturated carbocycles. The average molecular weight is 476 g/mol. The van der Waals surface area contributed by atoms with E-state index in [0.29, 0.717) is 38.6 Å². The molecule has 1 aromatic carbocycles. The molecule has 0 atom stereocenters. The lowest BCUT2D eigenvalue weighted by molar-refractivity contribution is 0.490. The summed E-state index contributed by atoms with van der Waals surface area (Å²) in [5.41, 5.74) is 0.409. The molecule has 1 fully saturated rings. The summed E-state index contributed by atoms with van der Waals surface area (Å²) >= 11 is 12.1. The quantitative estimate of drug-likeness (QED) is 0.446. The summed E-state index contributed by atoms with van der Waals surface area (Å²) in [6.07, 6.45) is 2.06. The van der Waals surface area contributed by atoms with Crippen molar-refractivity contribution in [3.63, 3.8) is 0 Å². The summed E-state index contributed by atoms with van der Waals surface area (Å²) in [5, 5.41) is 9.07. The monoisotopic (exact) mass is 475 g/mol. The molecule has 1 saturated heterocycles. The number of aryl methyl sites for hydroxylation is 1. The van der Waals surface area contributed by atoms with Crippen LogP contribution in [0.15, 0.2) is 32.2 Å². The molecule has 10 nitrogen and oxygen atoms in total. The summed E-state index contributed by atoms with van der Waals surface area (Å²) in [4.78, 5) is 32.2. The number of fused-ring (bicyclic) bond motifs is 1. The fourth-order valence-corrected chi connectivity index (χ4v) is 4.24. The van der Waals surface area contributed by atoms with Gasteiger partial charge in [-0.05, 0) is 31.0 Å². The van der Waals surface area contributed by atoms with Crippen LogP contribution in [0.3, 0.4) is 0 Å². The van der Waals surface area contributed by atoms with Crippen molar-refractivity contribution in [3.8, 4) is 11.5 Å². The van der Waals surface area contributed by atoms with Gasteiger partial charge < -0.3 is 9.32 Å². The molecule has 4 aromatic rings. The lowest BCUT2D eigenvalue weighted by atomic mass is 10.2. The van der Waals surface area contributed by atoms with Crippen LogP contribution in [-0.4, -0.2) is 42.0 Å². The Bertz CT molecular complexity index is 1460. The summed E-state index contributed by atoms with van der Waals surface area (Å²) < 4.78 is 10.1. The van der Waals surface area contributed by atoms with Crippen LogP contribution in [0.2, 0.25) is 10.0 Å². The molecule has 0 unspecified atom stereocenters. The molecular formula is C20H19Cl2N7O3. The van der Waals surface area contributed by atoms with Crippen molar-refractivity contribution >= 4 is 40.3 Å². The van der Waals surface area contributed by atoms with Gasteiger partial charge in [0.05, 0.1) is 10.0 Å². The van der Waals surface area contributed by atoms with Crippen molar-refractivity contribution in [2.75, 3.05) is 18.0 Å². The molecule has 32 heavy (non-hydrogen) atoms. The molecule has 1 aliphatic rings. The molecule has 0 N–H and O–H groups in total. The van der Waals surface area contributed by atoms with Gasteiger partial charge in [-0.1, -0.05) is 23.2 Å². The van der Waals surface area contributed by atoms with Crippen LogP contribution in [0.1, 0.15) is 18.7 Å². The number of anilines is 1. The van der Waals surface area contributed by atoms with Crippen molar-refractivity contribution in [1.29, 1.82) is 0 Å². The van der Waals surface area contributed by atoms with Crippen LogP contribution >= 0.6 is 23.2 Å². The summed E-state index contributed by atoms with van der Waals surface area (Å²) in [5.74, 6) is 1.18. The Morgan fingerprint density at radius 1 is 1.03 bits per heavy atom. The van der Waals surface area contributed by atoms with Gasteiger partial charge in [0.1, 0.15) is 6.54 Å². The first kappa shape index (κ1) is 20.8. The zero-order valence-electron chi connectivity index (χ0n) is 17.4. The van der Waals surface area contributed by atoms with Crippen LogP contribution in [0.4, 0.5) is 5.95 Å². The van der Waals surface area contributed by atoms with E-state index in [2.05, 4.69) is 20.1 Å². The van der Waals surface area contributed by atoms with Crippen LogP contribution in [-0.2, 0) is 20.6 Å². The largest absolute Gasteiger partial charge is 0.419 e. The second-order valence-electron chi connectivity index (χ2n) is 7.70. The van der Waals surface area contributed by atoms with Crippen molar-refractivity contribution in [2.45, 2.75) is 19.4 Å². The minimum Gasteiger partial charge on any atom is -0.419 e. The van der Waals surface area contributed by atoms with E-state index in [1.165, 1.54) is 11.6 Å².